The fraction of sp³-hybridized carbons (Fsp3) is 0.100. The third kappa shape index (κ3) is 2.06. The van der Waals surface area contributed by atoms with Crippen molar-refractivity contribution in [1.29, 1.82) is 5.26 Å². The van der Waals surface area contributed by atoms with E-state index < -0.39 is 11.9 Å². The minimum atomic E-state index is -0.968. The SMILES string of the molecule is [CH2]C(C#N)c1ccc(C(=O)O)cc1. The van der Waals surface area contributed by atoms with Crippen LogP contribution in [0.1, 0.15) is 21.8 Å². The van der Waals surface area contributed by atoms with Crippen LogP contribution in [0.4, 0.5) is 0 Å². The first-order valence-electron chi connectivity index (χ1n) is 3.71. The second-order valence-electron chi connectivity index (χ2n) is 2.61. The number of carbonyl (C=O) groups is 1. The lowest BCUT2D eigenvalue weighted by atomic mass is 10.0. The van der Waals surface area contributed by atoms with Gasteiger partial charge >= 0.3 is 5.97 Å². The van der Waals surface area contributed by atoms with Crippen molar-refractivity contribution >= 4 is 5.97 Å². The Morgan fingerprint density at radius 2 is 2.00 bits per heavy atom. The highest BCUT2D eigenvalue weighted by Crippen LogP contribution is 2.14. The van der Waals surface area contributed by atoms with E-state index in [1.807, 2.05) is 6.07 Å². The molecule has 0 aliphatic carbocycles. The molecule has 0 aliphatic rings. The maximum absolute atomic E-state index is 10.5. The van der Waals surface area contributed by atoms with E-state index in [-0.39, 0.29) is 5.56 Å². The molecule has 0 aliphatic heterocycles. The highest BCUT2D eigenvalue weighted by Gasteiger charge is 2.05. The standard InChI is InChI=1S/C10H8NO2/c1-7(6-11)8-2-4-9(5-3-8)10(12)13/h2-5,7H,1H2,(H,12,13). The summed E-state index contributed by atoms with van der Waals surface area (Å²) in [6, 6.07) is 8.11. The number of rotatable bonds is 2. The highest BCUT2D eigenvalue weighted by molar-refractivity contribution is 5.87. The zero-order chi connectivity index (χ0) is 9.84. The third-order valence-electron chi connectivity index (χ3n) is 1.72. The predicted molar refractivity (Wildman–Crippen MR) is 47.1 cm³/mol. The molecule has 1 rings (SSSR count). The van der Waals surface area contributed by atoms with Gasteiger partial charge in [0.2, 0.25) is 0 Å². The van der Waals surface area contributed by atoms with Crippen LogP contribution in [0.15, 0.2) is 24.3 Å². The van der Waals surface area contributed by atoms with Crippen molar-refractivity contribution in [1.82, 2.24) is 0 Å². The van der Waals surface area contributed by atoms with Crippen molar-refractivity contribution in [2.75, 3.05) is 0 Å². The van der Waals surface area contributed by atoms with E-state index in [1.165, 1.54) is 12.1 Å². The predicted octanol–water partition coefficient (Wildman–Crippen LogP) is 1.83. The number of hydrogen-bond acceptors (Lipinski definition) is 2. The second-order valence-corrected chi connectivity index (χ2v) is 2.61. The summed E-state index contributed by atoms with van der Waals surface area (Å²) in [5, 5.41) is 17.1. The average Bonchev–Trinajstić information content (AvgIpc) is 2.17. The smallest absolute Gasteiger partial charge is 0.335 e. The summed E-state index contributed by atoms with van der Waals surface area (Å²) in [7, 11) is 0. The van der Waals surface area contributed by atoms with Crippen LogP contribution in [-0.2, 0) is 0 Å². The van der Waals surface area contributed by atoms with Crippen molar-refractivity contribution in [2.24, 2.45) is 0 Å². The van der Waals surface area contributed by atoms with E-state index in [1.54, 1.807) is 12.1 Å². The van der Waals surface area contributed by atoms with E-state index in [4.69, 9.17) is 10.4 Å². The molecule has 0 saturated carbocycles. The number of carboxylic acids is 1. The number of nitriles is 1. The van der Waals surface area contributed by atoms with Gasteiger partial charge in [-0.3, -0.25) is 0 Å². The van der Waals surface area contributed by atoms with Gasteiger partial charge < -0.3 is 5.11 Å². The number of hydrogen-bond donors (Lipinski definition) is 1. The molecule has 0 aromatic heterocycles. The van der Waals surface area contributed by atoms with Crippen LogP contribution in [0, 0.1) is 18.3 Å². The van der Waals surface area contributed by atoms with Crippen molar-refractivity contribution in [2.45, 2.75) is 5.92 Å². The van der Waals surface area contributed by atoms with E-state index in [0.717, 1.165) is 5.56 Å². The number of aromatic carboxylic acids is 1. The van der Waals surface area contributed by atoms with Crippen LogP contribution in [0.5, 0.6) is 0 Å². The minimum Gasteiger partial charge on any atom is -0.478 e. The first-order chi connectivity index (χ1) is 6.15. The maximum Gasteiger partial charge on any atom is 0.335 e. The average molecular weight is 174 g/mol. The van der Waals surface area contributed by atoms with Crippen LogP contribution < -0.4 is 0 Å². The molecular formula is C10H8NO2. The molecule has 0 saturated heterocycles. The first kappa shape index (κ1) is 9.27. The first-order valence-corrected chi connectivity index (χ1v) is 3.71. The molecule has 13 heavy (non-hydrogen) atoms. The Morgan fingerprint density at radius 3 is 2.38 bits per heavy atom. The summed E-state index contributed by atoms with van der Waals surface area (Å²) >= 11 is 0. The lowest BCUT2D eigenvalue weighted by Gasteiger charge is -2.01. The van der Waals surface area contributed by atoms with Crippen molar-refractivity contribution in [3.8, 4) is 6.07 Å². The quantitative estimate of drug-likeness (QED) is 0.743. The maximum atomic E-state index is 10.5. The van der Waals surface area contributed by atoms with Crippen LogP contribution in [-0.4, -0.2) is 11.1 Å². The monoisotopic (exact) mass is 174 g/mol. The van der Waals surface area contributed by atoms with Crippen LogP contribution in [0.25, 0.3) is 0 Å². The zero-order valence-electron chi connectivity index (χ0n) is 6.90. The van der Waals surface area contributed by atoms with Gasteiger partial charge in [-0.25, -0.2) is 4.79 Å². The minimum absolute atomic E-state index is 0.217. The van der Waals surface area contributed by atoms with E-state index in [2.05, 4.69) is 6.92 Å². The molecule has 1 aromatic rings. The molecule has 1 radical (unpaired) electrons. The van der Waals surface area contributed by atoms with E-state index in [0.29, 0.717) is 0 Å². The largest absolute Gasteiger partial charge is 0.478 e. The molecule has 0 bridgehead atoms. The normalized spacial score (nSPS) is 11.7. The summed E-state index contributed by atoms with van der Waals surface area (Å²) in [6.07, 6.45) is 0. The topological polar surface area (TPSA) is 61.1 Å². The molecule has 1 atom stereocenters. The summed E-state index contributed by atoms with van der Waals surface area (Å²) < 4.78 is 0. The molecule has 0 amide bonds. The molecule has 3 nitrogen and oxygen atoms in total. The molecule has 0 spiro atoms. The Bertz CT molecular complexity index is 348. The zero-order valence-corrected chi connectivity index (χ0v) is 6.90. The van der Waals surface area contributed by atoms with Gasteiger partial charge in [-0.05, 0) is 24.6 Å². The lowest BCUT2D eigenvalue weighted by Crippen LogP contribution is -1.97. The Morgan fingerprint density at radius 1 is 1.46 bits per heavy atom. The van der Waals surface area contributed by atoms with E-state index >= 15 is 0 Å². The lowest BCUT2D eigenvalue weighted by molar-refractivity contribution is 0.0697. The summed E-state index contributed by atoms with van der Waals surface area (Å²) in [4.78, 5) is 10.5. The number of carboxylic acid groups (broad SMARTS) is 1. The van der Waals surface area contributed by atoms with Crippen LogP contribution in [0.2, 0.25) is 0 Å². The Labute approximate surface area is 76.2 Å². The highest BCUT2D eigenvalue weighted by atomic mass is 16.4. The molecule has 3 heteroatoms. The Hall–Kier alpha value is -1.82. The van der Waals surface area contributed by atoms with Crippen LogP contribution >= 0.6 is 0 Å². The van der Waals surface area contributed by atoms with Gasteiger partial charge in [0.25, 0.3) is 0 Å². The fourth-order valence-corrected chi connectivity index (χ4v) is 0.933. The third-order valence-corrected chi connectivity index (χ3v) is 1.72. The van der Waals surface area contributed by atoms with Crippen molar-refractivity contribution < 1.29 is 9.90 Å². The van der Waals surface area contributed by atoms with Gasteiger partial charge in [0, 0.05) is 0 Å². The van der Waals surface area contributed by atoms with Crippen LogP contribution in [0.3, 0.4) is 0 Å². The molecule has 0 fully saturated rings. The van der Waals surface area contributed by atoms with Gasteiger partial charge in [0.15, 0.2) is 0 Å². The second kappa shape index (κ2) is 3.72. The Balaban J connectivity index is 2.95. The van der Waals surface area contributed by atoms with E-state index in [9.17, 15) is 4.79 Å². The van der Waals surface area contributed by atoms with Gasteiger partial charge in [0.1, 0.15) is 0 Å². The number of nitrogens with zero attached hydrogens (tertiary/aromatic N) is 1. The molecule has 0 heterocycles. The van der Waals surface area contributed by atoms with Gasteiger partial charge in [-0.15, -0.1) is 0 Å². The summed E-state index contributed by atoms with van der Waals surface area (Å²) in [5.41, 5.74) is 0.946. The van der Waals surface area contributed by atoms with Crippen molar-refractivity contribution in [3.05, 3.63) is 42.3 Å². The molecule has 1 N–H and O–H groups in total. The summed E-state index contributed by atoms with van der Waals surface area (Å²) in [5.74, 6) is -1.41. The Kier molecular flexibility index (Phi) is 2.65. The number of benzene rings is 1. The molecular weight excluding hydrogens is 166 g/mol. The van der Waals surface area contributed by atoms with Gasteiger partial charge in [-0.1, -0.05) is 12.1 Å². The van der Waals surface area contributed by atoms with Gasteiger partial charge in [0.05, 0.1) is 17.6 Å². The fourth-order valence-electron chi connectivity index (χ4n) is 0.933. The molecule has 65 valence electrons. The van der Waals surface area contributed by atoms with Crippen molar-refractivity contribution in [3.63, 3.8) is 0 Å². The summed E-state index contributed by atoms with van der Waals surface area (Å²) in [6.45, 7) is 3.59. The van der Waals surface area contributed by atoms with Gasteiger partial charge in [-0.2, -0.15) is 5.26 Å². The molecule has 1 unspecified atom stereocenters. The molecule has 1 aromatic carbocycles.